The molecule has 2 atom stereocenters. The van der Waals surface area contributed by atoms with Crippen molar-refractivity contribution < 1.29 is 0 Å². The zero-order valence-corrected chi connectivity index (χ0v) is 13.3. The Balaban J connectivity index is 1.78. The zero-order valence-electron chi connectivity index (χ0n) is 13.3. The third-order valence-corrected chi connectivity index (χ3v) is 4.67. The lowest BCUT2D eigenvalue weighted by molar-refractivity contribution is 0.261. The summed E-state index contributed by atoms with van der Waals surface area (Å²) in [4.78, 5) is 1.80. The minimum absolute atomic E-state index is 0.133. The monoisotopic (exact) mass is 307 g/mol. The molecule has 5 heteroatoms. The van der Waals surface area contributed by atoms with Gasteiger partial charge >= 0.3 is 0 Å². The van der Waals surface area contributed by atoms with Gasteiger partial charge < -0.3 is 5.32 Å². The first-order chi connectivity index (χ1) is 11.3. The number of fused-ring (bicyclic) bond motifs is 1. The first-order valence-electron chi connectivity index (χ1n) is 8.27. The van der Waals surface area contributed by atoms with E-state index >= 15 is 0 Å². The summed E-state index contributed by atoms with van der Waals surface area (Å²) in [5, 5.41) is 18.9. The van der Waals surface area contributed by atoms with Gasteiger partial charge in [-0.05, 0) is 59.8 Å². The van der Waals surface area contributed by atoms with E-state index in [-0.39, 0.29) is 6.04 Å². The van der Waals surface area contributed by atoms with Crippen LogP contribution in [0.3, 0.4) is 0 Å². The summed E-state index contributed by atoms with van der Waals surface area (Å²) in [6.45, 7) is 3.99. The van der Waals surface area contributed by atoms with E-state index in [1.165, 1.54) is 29.2 Å². The Hall–Kier alpha value is -2.27. The third-order valence-electron chi connectivity index (χ3n) is 4.67. The van der Waals surface area contributed by atoms with Gasteiger partial charge in [-0.3, -0.25) is 0 Å². The maximum absolute atomic E-state index is 4.51. The molecule has 1 aliphatic heterocycles. The van der Waals surface area contributed by atoms with Gasteiger partial charge in [-0.15, -0.1) is 10.2 Å². The van der Waals surface area contributed by atoms with Crippen molar-refractivity contribution in [2.75, 3.05) is 13.1 Å². The molecular weight excluding hydrogens is 286 g/mol. The molecule has 1 unspecified atom stereocenters. The number of nitrogens with zero attached hydrogens (tertiary/aromatic N) is 4. The number of aryl methyl sites for hydroxylation is 1. The molecule has 2 heterocycles. The Morgan fingerprint density at radius 2 is 2.04 bits per heavy atom. The van der Waals surface area contributed by atoms with E-state index in [2.05, 4.69) is 63.2 Å². The van der Waals surface area contributed by atoms with Crippen molar-refractivity contribution in [3.05, 3.63) is 53.9 Å². The molecule has 3 aromatic rings. The van der Waals surface area contributed by atoms with Crippen molar-refractivity contribution in [3.8, 4) is 0 Å². The van der Waals surface area contributed by atoms with Crippen LogP contribution in [-0.2, 0) is 0 Å². The topological polar surface area (TPSA) is 55.6 Å². The van der Waals surface area contributed by atoms with Gasteiger partial charge in [0.1, 0.15) is 6.04 Å². The van der Waals surface area contributed by atoms with Crippen molar-refractivity contribution in [3.63, 3.8) is 0 Å². The summed E-state index contributed by atoms with van der Waals surface area (Å²) < 4.78 is 0. The van der Waals surface area contributed by atoms with Crippen molar-refractivity contribution >= 4 is 10.8 Å². The van der Waals surface area contributed by atoms with E-state index in [0.717, 1.165) is 18.9 Å². The minimum atomic E-state index is 0.133. The SMILES string of the molecule is Cc1nnn(C(c2ccc3ccccc3c2)[C@@H]2CCCNC2)n1. The predicted molar refractivity (Wildman–Crippen MR) is 90.2 cm³/mol. The second kappa shape index (κ2) is 6.08. The first kappa shape index (κ1) is 14.3. The second-order valence-corrected chi connectivity index (χ2v) is 6.31. The van der Waals surface area contributed by atoms with Gasteiger partial charge in [-0.2, -0.15) is 4.80 Å². The van der Waals surface area contributed by atoms with Crippen LogP contribution in [0.25, 0.3) is 10.8 Å². The van der Waals surface area contributed by atoms with E-state index in [1.807, 2.05) is 6.92 Å². The van der Waals surface area contributed by atoms with Gasteiger partial charge in [0, 0.05) is 6.54 Å². The highest BCUT2D eigenvalue weighted by Crippen LogP contribution is 2.31. The van der Waals surface area contributed by atoms with Crippen LogP contribution in [0.15, 0.2) is 42.5 Å². The average Bonchev–Trinajstić information content (AvgIpc) is 3.02. The molecule has 0 aliphatic carbocycles. The zero-order chi connectivity index (χ0) is 15.6. The molecule has 2 aromatic carbocycles. The number of piperidine rings is 1. The molecule has 1 aromatic heterocycles. The quantitative estimate of drug-likeness (QED) is 0.808. The Labute approximate surface area is 135 Å². The summed E-state index contributed by atoms with van der Waals surface area (Å²) in [6.07, 6.45) is 2.38. The molecule has 1 N–H and O–H groups in total. The van der Waals surface area contributed by atoms with Gasteiger partial charge in [-0.25, -0.2) is 0 Å². The van der Waals surface area contributed by atoms with Crippen LogP contribution in [0.5, 0.6) is 0 Å². The fourth-order valence-corrected chi connectivity index (χ4v) is 3.55. The Morgan fingerprint density at radius 3 is 2.78 bits per heavy atom. The highest BCUT2D eigenvalue weighted by Gasteiger charge is 2.28. The van der Waals surface area contributed by atoms with Crippen molar-refractivity contribution in [1.29, 1.82) is 0 Å². The van der Waals surface area contributed by atoms with E-state index < -0.39 is 0 Å². The molecule has 0 radical (unpaired) electrons. The normalized spacial score (nSPS) is 19.8. The fraction of sp³-hybridized carbons (Fsp3) is 0.389. The smallest absolute Gasteiger partial charge is 0.171 e. The molecule has 0 bridgehead atoms. The van der Waals surface area contributed by atoms with E-state index in [4.69, 9.17) is 0 Å². The van der Waals surface area contributed by atoms with Gasteiger partial charge in [0.05, 0.1) is 0 Å². The van der Waals surface area contributed by atoms with Gasteiger partial charge in [0.2, 0.25) is 0 Å². The van der Waals surface area contributed by atoms with Gasteiger partial charge in [0.25, 0.3) is 0 Å². The standard InChI is InChI=1S/C18H21N5/c1-13-20-22-23(21-13)18(17-7-4-10-19-12-17)16-9-8-14-5-2-3-6-15(14)11-16/h2-3,5-6,8-9,11,17-19H,4,7,10,12H2,1H3/t17-,18?/m1/s1. The highest BCUT2D eigenvalue weighted by atomic mass is 15.6. The number of tetrazole rings is 1. The molecule has 4 rings (SSSR count). The summed E-state index contributed by atoms with van der Waals surface area (Å²) in [5.41, 5.74) is 1.26. The molecule has 118 valence electrons. The second-order valence-electron chi connectivity index (χ2n) is 6.31. The summed E-state index contributed by atoms with van der Waals surface area (Å²) >= 11 is 0. The summed E-state index contributed by atoms with van der Waals surface area (Å²) in [5.74, 6) is 1.21. The molecule has 0 amide bonds. The molecule has 23 heavy (non-hydrogen) atoms. The number of nitrogens with one attached hydrogen (secondary N) is 1. The van der Waals surface area contributed by atoms with Crippen LogP contribution in [0.4, 0.5) is 0 Å². The number of hydrogen-bond donors (Lipinski definition) is 1. The maximum atomic E-state index is 4.51. The Morgan fingerprint density at radius 1 is 1.17 bits per heavy atom. The third kappa shape index (κ3) is 2.84. The van der Waals surface area contributed by atoms with Gasteiger partial charge in [-0.1, -0.05) is 36.4 Å². The van der Waals surface area contributed by atoms with Gasteiger partial charge in [0.15, 0.2) is 5.82 Å². The van der Waals surface area contributed by atoms with Crippen LogP contribution < -0.4 is 5.32 Å². The molecule has 1 fully saturated rings. The fourth-order valence-electron chi connectivity index (χ4n) is 3.55. The largest absolute Gasteiger partial charge is 0.316 e. The Bertz CT molecular complexity index is 804. The molecule has 0 saturated carbocycles. The van der Waals surface area contributed by atoms with Crippen LogP contribution in [0.1, 0.15) is 30.3 Å². The molecular formula is C18H21N5. The van der Waals surface area contributed by atoms with Crippen LogP contribution in [0, 0.1) is 12.8 Å². The minimum Gasteiger partial charge on any atom is -0.316 e. The lowest BCUT2D eigenvalue weighted by Crippen LogP contribution is -2.36. The van der Waals surface area contributed by atoms with E-state index in [9.17, 15) is 0 Å². The van der Waals surface area contributed by atoms with E-state index in [0.29, 0.717) is 5.92 Å². The maximum Gasteiger partial charge on any atom is 0.171 e. The van der Waals surface area contributed by atoms with Crippen LogP contribution in [0.2, 0.25) is 0 Å². The predicted octanol–water partition coefficient (Wildman–Crippen LogP) is 2.72. The number of rotatable bonds is 3. The molecule has 1 saturated heterocycles. The van der Waals surface area contributed by atoms with Crippen LogP contribution in [-0.4, -0.2) is 33.3 Å². The number of benzene rings is 2. The van der Waals surface area contributed by atoms with Crippen molar-refractivity contribution in [2.24, 2.45) is 5.92 Å². The lowest BCUT2D eigenvalue weighted by atomic mass is 9.87. The Kier molecular flexibility index (Phi) is 3.79. The number of hydrogen-bond acceptors (Lipinski definition) is 4. The first-order valence-corrected chi connectivity index (χ1v) is 8.27. The highest BCUT2D eigenvalue weighted by molar-refractivity contribution is 5.83. The lowest BCUT2D eigenvalue weighted by Gasteiger charge is -2.30. The van der Waals surface area contributed by atoms with E-state index in [1.54, 1.807) is 4.80 Å². The summed E-state index contributed by atoms with van der Waals surface area (Å²) in [6, 6.07) is 15.3. The van der Waals surface area contributed by atoms with Crippen molar-refractivity contribution in [1.82, 2.24) is 25.5 Å². The average molecular weight is 307 g/mol. The number of aromatic nitrogens is 4. The van der Waals surface area contributed by atoms with Crippen LogP contribution >= 0.6 is 0 Å². The molecule has 5 nitrogen and oxygen atoms in total. The van der Waals surface area contributed by atoms with Crippen molar-refractivity contribution in [2.45, 2.75) is 25.8 Å². The molecule has 1 aliphatic rings. The molecule has 0 spiro atoms. The summed E-state index contributed by atoms with van der Waals surface area (Å²) in [7, 11) is 0.